The van der Waals surface area contributed by atoms with Crippen molar-refractivity contribution in [3.05, 3.63) is 90.5 Å². The minimum atomic E-state index is -2.54. The first-order valence-electron chi connectivity index (χ1n) is 8.92. The lowest BCUT2D eigenvalue weighted by Gasteiger charge is -2.43. The summed E-state index contributed by atoms with van der Waals surface area (Å²) in [5.74, 6) is 0.941. The Morgan fingerprint density at radius 2 is 1.31 bits per heavy atom. The van der Waals surface area contributed by atoms with E-state index in [-0.39, 0.29) is 5.04 Å². The van der Waals surface area contributed by atoms with Gasteiger partial charge in [0, 0.05) is 5.33 Å². The van der Waals surface area contributed by atoms with Crippen LogP contribution in [0, 0.1) is 0 Å². The van der Waals surface area contributed by atoms with Gasteiger partial charge in [0.15, 0.2) is 0 Å². The largest absolute Gasteiger partial charge is 0.534 e. The molecule has 0 saturated carbocycles. The molecule has 1 nitrogen and oxygen atoms in total. The average molecular weight is 425 g/mol. The second-order valence-corrected chi connectivity index (χ2v) is 12.3. The molecule has 0 N–H and O–H groups in total. The van der Waals surface area contributed by atoms with Crippen LogP contribution in [0.25, 0.3) is 0 Å². The molecule has 0 aromatic heterocycles. The van der Waals surface area contributed by atoms with Crippen LogP contribution in [-0.2, 0) is 5.33 Å². The van der Waals surface area contributed by atoms with Crippen LogP contribution in [0.5, 0.6) is 5.75 Å². The summed E-state index contributed by atoms with van der Waals surface area (Å²) in [6.45, 7) is 6.90. The third kappa shape index (κ3) is 3.65. The molecule has 3 heteroatoms. The van der Waals surface area contributed by atoms with Crippen molar-refractivity contribution in [1.82, 2.24) is 0 Å². The summed E-state index contributed by atoms with van der Waals surface area (Å²) in [7, 11) is -2.54. The van der Waals surface area contributed by atoms with E-state index in [9.17, 15) is 0 Å². The first-order chi connectivity index (χ1) is 12.5. The highest BCUT2D eigenvalue weighted by Gasteiger charge is 2.52. The van der Waals surface area contributed by atoms with Gasteiger partial charge in [-0.1, -0.05) is 109 Å². The van der Waals surface area contributed by atoms with Gasteiger partial charge in [-0.25, -0.2) is 0 Å². The van der Waals surface area contributed by atoms with Gasteiger partial charge in [0.05, 0.1) is 0 Å². The highest BCUT2D eigenvalue weighted by Crippen LogP contribution is 2.37. The fourth-order valence-corrected chi connectivity index (χ4v) is 8.28. The van der Waals surface area contributed by atoms with E-state index in [1.165, 1.54) is 15.9 Å². The smallest absolute Gasteiger partial charge is 0.319 e. The molecule has 0 heterocycles. The highest BCUT2D eigenvalue weighted by molar-refractivity contribution is 9.08. The van der Waals surface area contributed by atoms with E-state index < -0.39 is 8.32 Å². The quantitative estimate of drug-likeness (QED) is 0.386. The summed E-state index contributed by atoms with van der Waals surface area (Å²) < 4.78 is 7.00. The van der Waals surface area contributed by atoms with E-state index in [1.54, 1.807) is 0 Å². The van der Waals surface area contributed by atoms with Crippen molar-refractivity contribution in [1.29, 1.82) is 0 Å². The summed E-state index contributed by atoms with van der Waals surface area (Å²) in [6.07, 6.45) is 0. The van der Waals surface area contributed by atoms with E-state index in [4.69, 9.17) is 4.43 Å². The Kier molecular flexibility index (Phi) is 5.69. The molecule has 0 atom stereocenters. The summed E-state index contributed by atoms with van der Waals surface area (Å²) in [6, 6.07) is 29.9. The maximum atomic E-state index is 7.00. The van der Waals surface area contributed by atoms with Gasteiger partial charge in [-0.2, -0.15) is 0 Å². The minimum absolute atomic E-state index is 0.0277. The van der Waals surface area contributed by atoms with E-state index >= 15 is 0 Å². The Balaban J connectivity index is 2.23. The zero-order valence-electron chi connectivity index (χ0n) is 15.6. The molecule has 0 spiro atoms. The molecule has 0 unspecified atom stereocenters. The Morgan fingerprint density at radius 3 is 1.77 bits per heavy atom. The molecule has 0 fully saturated rings. The molecule has 3 rings (SSSR count). The molecule has 0 aliphatic carbocycles. The van der Waals surface area contributed by atoms with Gasteiger partial charge in [0.2, 0.25) is 0 Å². The molecule has 0 aliphatic heterocycles. The summed E-state index contributed by atoms with van der Waals surface area (Å²) >= 11 is 3.56. The summed E-state index contributed by atoms with van der Waals surface area (Å²) in [5.41, 5.74) is 1.22. The fraction of sp³-hybridized carbons (Fsp3) is 0.217. The first-order valence-corrected chi connectivity index (χ1v) is 12.0. The third-order valence-electron chi connectivity index (χ3n) is 4.74. The third-order valence-corrected chi connectivity index (χ3v) is 10.3. The lowest BCUT2D eigenvalue weighted by molar-refractivity contribution is 0.508. The van der Waals surface area contributed by atoms with E-state index in [1.807, 2.05) is 0 Å². The Labute approximate surface area is 166 Å². The molecular formula is C23H25BrOSi. The minimum Gasteiger partial charge on any atom is -0.534 e. The topological polar surface area (TPSA) is 9.23 Å². The standard InChI is InChI=1S/C23H25BrOSi/c1-23(2,3)26(21-13-6-4-7-14-21,22-15-8-5-9-16-22)25-20-12-10-11-19(17-20)18-24/h4-17H,18H2,1-3H3. The normalized spacial score (nSPS) is 12.0. The summed E-state index contributed by atoms with van der Waals surface area (Å²) in [5, 5.41) is 3.39. The summed E-state index contributed by atoms with van der Waals surface area (Å²) in [4.78, 5) is 0. The molecular weight excluding hydrogens is 400 g/mol. The van der Waals surface area contributed by atoms with Crippen molar-refractivity contribution >= 4 is 34.6 Å². The van der Waals surface area contributed by atoms with Crippen LogP contribution in [-0.4, -0.2) is 8.32 Å². The molecule has 3 aromatic carbocycles. The van der Waals surface area contributed by atoms with Crippen molar-refractivity contribution in [2.24, 2.45) is 0 Å². The van der Waals surface area contributed by atoms with E-state index in [0.29, 0.717) is 0 Å². The zero-order chi connectivity index (χ0) is 18.6. The Morgan fingerprint density at radius 1 is 0.769 bits per heavy atom. The van der Waals surface area contributed by atoms with Crippen LogP contribution in [0.2, 0.25) is 5.04 Å². The SMILES string of the molecule is CC(C)(C)[Si](Oc1cccc(CBr)c1)(c1ccccc1)c1ccccc1. The van der Waals surface area contributed by atoms with Gasteiger partial charge >= 0.3 is 8.32 Å². The monoisotopic (exact) mass is 424 g/mol. The van der Waals surface area contributed by atoms with Crippen LogP contribution < -0.4 is 14.8 Å². The van der Waals surface area contributed by atoms with Crippen LogP contribution in [0.4, 0.5) is 0 Å². The first kappa shape index (κ1) is 18.9. The second-order valence-electron chi connectivity index (χ2n) is 7.55. The van der Waals surface area contributed by atoms with Crippen molar-refractivity contribution in [3.63, 3.8) is 0 Å². The highest BCUT2D eigenvalue weighted by atomic mass is 79.9. The number of hydrogen-bond acceptors (Lipinski definition) is 1. The molecule has 0 bridgehead atoms. The predicted octanol–water partition coefficient (Wildman–Crippen LogP) is 5.52. The van der Waals surface area contributed by atoms with Gasteiger partial charge in [-0.15, -0.1) is 0 Å². The average Bonchev–Trinajstić information content (AvgIpc) is 2.66. The van der Waals surface area contributed by atoms with Crippen molar-refractivity contribution in [2.45, 2.75) is 31.1 Å². The van der Waals surface area contributed by atoms with E-state index in [0.717, 1.165) is 11.1 Å². The molecule has 0 amide bonds. The molecule has 0 saturated heterocycles. The number of hydrogen-bond donors (Lipinski definition) is 0. The maximum absolute atomic E-state index is 7.00. The fourth-order valence-electron chi connectivity index (χ4n) is 3.52. The van der Waals surface area contributed by atoms with Crippen LogP contribution >= 0.6 is 15.9 Å². The van der Waals surface area contributed by atoms with Crippen molar-refractivity contribution in [2.75, 3.05) is 0 Å². The van der Waals surface area contributed by atoms with Crippen molar-refractivity contribution in [3.8, 4) is 5.75 Å². The van der Waals surface area contributed by atoms with Gasteiger partial charge < -0.3 is 4.43 Å². The van der Waals surface area contributed by atoms with E-state index in [2.05, 4.69) is 122 Å². The van der Waals surface area contributed by atoms with Crippen LogP contribution in [0.15, 0.2) is 84.9 Å². The van der Waals surface area contributed by atoms with Gasteiger partial charge in [-0.3, -0.25) is 0 Å². The van der Waals surface area contributed by atoms with Crippen molar-refractivity contribution < 1.29 is 4.43 Å². The Bertz CT molecular complexity index is 801. The molecule has 26 heavy (non-hydrogen) atoms. The molecule has 0 aliphatic rings. The van der Waals surface area contributed by atoms with Gasteiger partial charge in [0.25, 0.3) is 0 Å². The predicted molar refractivity (Wildman–Crippen MR) is 117 cm³/mol. The lowest BCUT2D eigenvalue weighted by Crippen LogP contribution is -2.68. The number of benzene rings is 3. The van der Waals surface area contributed by atoms with Crippen LogP contribution in [0.3, 0.4) is 0 Å². The molecule has 134 valence electrons. The molecule has 3 aromatic rings. The maximum Gasteiger partial charge on any atom is 0.319 e. The molecule has 0 radical (unpaired) electrons. The number of alkyl halides is 1. The van der Waals surface area contributed by atoms with Crippen LogP contribution in [0.1, 0.15) is 26.3 Å². The lowest BCUT2D eigenvalue weighted by atomic mass is 10.2. The number of halogens is 1. The van der Waals surface area contributed by atoms with Gasteiger partial charge in [0.1, 0.15) is 5.75 Å². The second kappa shape index (κ2) is 7.81. The number of rotatable bonds is 5. The Hall–Kier alpha value is -1.84. The zero-order valence-corrected chi connectivity index (χ0v) is 18.2. The van der Waals surface area contributed by atoms with Gasteiger partial charge in [-0.05, 0) is 33.1 Å².